The van der Waals surface area contributed by atoms with Gasteiger partial charge in [0.1, 0.15) is 0 Å². The van der Waals surface area contributed by atoms with Crippen molar-refractivity contribution in [1.29, 1.82) is 0 Å². The zero-order valence-corrected chi connectivity index (χ0v) is 8.05. The Balaban J connectivity index is 3.19. The Morgan fingerprint density at radius 1 is 1.43 bits per heavy atom. The monoisotopic (exact) mass is 202 g/mol. The first-order chi connectivity index (χ1) is 6.57. The van der Waals surface area contributed by atoms with Crippen LogP contribution in [0.5, 0.6) is 5.75 Å². The highest BCUT2D eigenvalue weighted by molar-refractivity contribution is 5.33. The van der Waals surface area contributed by atoms with Gasteiger partial charge in [-0.1, -0.05) is 6.07 Å². The van der Waals surface area contributed by atoms with Crippen LogP contribution in [-0.2, 0) is 0 Å². The topological polar surface area (TPSA) is 29.5 Å². The van der Waals surface area contributed by atoms with Crippen LogP contribution in [-0.4, -0.2) is 11.7 Å². The second kappa shape index (κ2) is 4.37. The minimum atomic E-state index is -0.977. The molecule has 2 nitrogen and oxygen atoms in total. The molecule has 4 heteroatoms. The standard InChI is InChI=1S/C10H12F2O2/c1-3-14-10-8(11)5-4-7(6(2)13)9(10)12/h4-6,13H,3H2,1-2H3. The molecule has 78 valence electrons. The Bertz CT molecular complexity index is 324. The van der Waals surface area contributed by atoms with Gasteiger partial charge in [0.15, 0.2) is 17.4 Å². The van der Waals surface area contributed by atoms with Crippen LogP contribution in [0.15, 0.2) is 12.1 Å². The molecule has 0 heterocycles. The maximum Gasteiger partial charge on any atom is 0.191 e. The van der Waals surface area contributed by atoms with Crippen LogP contribution in [0, 0.1) is 11.6 Å². The SMILES string of the molecule is CCOc1c(F)ccc(C(C)O)c1F. The molecule has 0 spiro atoms. The van der Waals surface area contributed by atoms with Gasteiger partial charge in [-0.15, -0.1) is 0 Å². The van der Waals surface area contributed by atoms with Gasteiger partial charge in [0.05, 0.1) is 12.7 Å². The molecule has 1 aromatic carbocycles. The quantitative estimate of drug-likeness (QED) is 0.815. The van der Waals surface area contributed by atoms with Gasteiger partial charge in [0, 0.05) is 5.56 Å². The van der Waals surface area contributed by atoms with Gasteiger partial charge in [-0.3, -0.25) is 0 Å². The highest BCUT2D eigenvalue weighted by Crippen LogP contribution is 2.27. The molecule has 1 aromatic rings. The smallest absolute Gasteiger partial charge is 0.191 e. The zero-order valence-electron chi connectivity index (χ0n) is 8.05. The van der Waals surface area contributed by atoms with Crippen LogP contribution < -0.4 is 4.74 Å². The summed E-state index contributed by atoms with van der Waals surface area (Å²) in [6, 6.07) is 2.29. The summed E-state index contributed by atoms with van der Waals surface area (Å²) in [4.78, 5) is 0. The average molecular weight is 202 g/mol. The number of hydrogen-bond acceptors (Lipinski definition) is 2. The molecule has 14 heavy (non-hydrogen) atoms. The predicted molar refractivity (Wildman–Crippen MR) is 48.2 cm³/mol. The molecule has 0 amide bonds. The maximum atomic E-state index is 13.4. The van der Waals surface area contributed by atoms with Crippen molar-refractivity contribution in [3.63, 3.8) is 0 Å². The number of aliphatic hydroxyl groups excluding tert-OH is 1. The zero-order chi connectivity index (χ0) is 10.7. The van der Waals surface area contributed by atoms with Gasteiger partial charge in [-0.05, 0) is 19.9 Å². The molecule has 0 saturated carbocycles. The summed E-state index contributed by atoms with van der Waals surface area (Å²) in [5.41, 5.74) is 0.0369. The van der Waals surface area contributed by atoms with Crippen LogP contribution in [0.25, 0.3) is 0 Å². The Morgan fingerprint density at radius 3 is 2.57 bits per heavy atom. The van der Waals surface area contributed by atoms with E-state index in [0.717, 1.165) is 6.07 Å². The van der Waals surface area contributed by atoms with Gasteiger partial charge in [-0.25, -0.2) is 8.78 Å². The molecule has 0 aromatic heterocycles. The highest BCUT2D eigenvalue weighted by Gasteiger charge is 2.17. The van der Waals surface area contributed by atoms with Crippen molar-refractivity contribution < 1.29 is 18.6 Å². The lowest BCUT2D eigenvalue weighted by Crippen LogP contribution is -2.03. The van der Waals surface area contributed by atoms with Crippen LogP contribution in [0.2, 0.25) is 0 Å². The van der Waals surface area contributed by atoms with Gasteiger partial charge in [-0.2, -0.15) is 0 Å². The Hall–Kier alpha value is -1.16. The van der Waals surface area contributed by atoms with Gasteiger partial charge in [0.2, 0.25) is 0 Å². The molecule has 1 N–H and O–H groups in total. The maximum absolute atomic E-state index is 13.4. The van der Waals surface area contributed by atoms with E-state index in [0.29, 0.717) is 0 Å². The summed E-state index contributed by atoms with van der Waals surface area (Å²) in [6.45, 7) is 3.22. The molecule has 1 unspecified atom stereocenters. The molecule has 0 fully saturated rings. The van der Waals surface area contributed by atoms with E-state index in [1.54, 1.807) is 6.92 Å². The lowest BCUT2D eigenvalue weighted by molar-refractivity contribution is 0.191. The Morgan fingerprint density at radius 2 is 2.07 bits per heavy atom. The van der Waals surface area contributed by atoms with E-state index in [-0.39, 0.29) is 12.2 Å². The minimum absolute atomic E-state index is 0.0369. The van der Waals surface area contributed by atoms with E-state index < -0.39 is 23.5 Å². The van der Waals surface area contributed by atoms with E-state index in [4.69, 9.17) is 4.74 Å². The van der Waals surface area contributed by atoms with E-state index in [9.17, 15) is 13.9 Å². The molecule has 1 atom stereocenters. The average Bonchev–Trinajstić information content (AvgIpc) is 2.11. The summed E-state index contributed by atoms with van der Waals surface area (Å²) in [7, 11) is 0. The van der Waals surface area contributed by atoms with E-state index in [1.807, 2.05) is 0 Å². The summed E-state index contributed by atoms with van der Waals surface area (Å²) < 4.78 is 31.3. The molecule has 0 aliphatic carbocycles. The molecule has 0 bridgehead atoms. The van der Waals surface area contributed by atoms with Gasteiger partial charge < -0.3 is 9.84 Å². The third-order valence-corrected chi connectivity index (χ3v) is 1.82. The molecular weight excluding hydrogens is 190 g/mol. The second-order valence-electron chi connectivity index (χ2n) is 2.89. The third kappa shape index (κ3) is 2.01. The number of rotatable bonds is 3. The minimum Gasteiger partial charge on any atom is -0.488 e. The fourth-order valence-corrected chi connectivity index (χ4v) is 1.15. The van der Waals surface area contributed by atoms with Crippen LogP contribution in [0.4, 0.5) is 8.78 Å². The Labute approximate surface area is 81.1 Å². The van der Waals surface area contributed by atoms with E-state index in [1.165, 1.54) is 13.0 Å². The van der Waals surface area contributed by atoms with Crippen LogP contribution >= 0.6 is 0 Å². The summed E-state index contributed by atoms with van der Waals surface area (Å²) in [5, 5.41) is 9.17. The largest absolute Gasteiger partial charge is 0.488 e. The lowest BCUT2D eigenvalue weighted by Gasteiger charge is -2.11. The number of aliphatic hydroxyl groups is 1. The fraction of sp³-hybridized carbons (Fsp3) is 0.400. The summed E-state index contributed by atoms with van der Waals surface area (Å²) >= 11 is 0. The first-order valence-corrected chi connectivity index (χ1v) is 4.36. The second-order valence-corrected chi connectivity index (χ2v) is 2.89. The molecule has 0 saturated heterocycles. The van der Waals surface area contributed by atoms with Crippen molar-refractivity contribution in [2.24, 2.45) is 0 Å². The molecular formula is C10H12F2O2. The van der Waals surface area contributed by atoms with Crippen molar-refractivity contribution in [2.45, 2.75) is 20.0 Å². The summed E-state index contributed by atoms with van der Waals surface area (Å²) in [5.74, 6) is -2.01. The Kier molecular flexibility index (Phi) is 3.41. The molecule has 0 radical (unpaired) electrons. The van der Waals surface area contributed by atoms with Crippen molar-refractivity contribution in [3.05, 3.63) is 29.3 Å². The third-order valence-electron chi connectivity index (χ3n) is 1.82. The van der Waals surface area contributed by atoms with Crippen molar-refractivity contribution >= 4 is 0 Å². The van der Waals surface area contributed by atoms with Crippen LogP contribution in [0.3, 0.4) is 0 Å². The van der Waals surface area contributed by atoms with Gasteiger partial charge >= 0.3 is 0 Å². The first-order valence-electron chi connectivity index (χ1n) is 4.36. The number of hydrogen-bond donors (Lipinski definition) is 1. The number of halogens is 2. The predicted octanol–water partition coefficient (Wildman–Crippen LogP) is 2.42. The van der Waals surface area contributed by atoms with Crippen LogP contribution in [0.1, 0.15) is 25.5 Å². The van der Waals surface area contributed by atoms with Crippen molar-refractivity contribution in [2.75, 3.05) is 6.61 Å². The van der Waals surface area contributed by atoms with Gasteiger partial charge in [0.25, 0.3) is 0 Å². The van der Waals surface area contributed by atoms with Crippen molar-refractivity contribution in [1.82, 2.24) is 0 Å². The molecule has 0 aliphatic rings. The molecule has 0 aliphatic heterocycles. The fourth-order valence-electron chi connectivity index (χ4n) is 1.15. The van der Waals surface area contributed by atoms with E-state index in [2.05, 4.69) is 0 Å². The van der Waals surface area contributed by atoms with E-state index >= 15 is 0 Å². The highest BCUT2D eigenvalue weighted by atomic mass is 19.1. The van der Waals surface area contributed by atoms with Crippen molar-refractivity contribution in [3.8, 4) is 5.75 Å². The first kappa shape index (κ1) is 10.9. The summed E-state index contributed by atoms with van der Waals surface area (Å²) in [6.07, 6.45) is -0.977. The normalized spacial score (nSPS) is 12.6. The number of ether oxygens (including phenoxy) is 1. The molecule has 1 rings (SSSR count). The lowest BCUT2D eigenvalue weighted by atomic mass is 10.1. The number of benzene rings is 1.